The zero-order valence-corrected chi connectivity index (χ0v) is 15.8. The molecule has 2 aromatic rings. The molecule has 2 N–H and O–H groups in total. The molecular weight excluding hydrogens is 336 g/mol. The number of carbonyl (C=O) groups is 1. The van der Waals surface area contributed by atoms with Gasteiger partial charge in [-0.3, -0.25) is 4.79 Å². The van der Waals surface area contributed by atoms with Gasteiger partial charge in [-0.05, 0) is 43.0 Å². The predicted octanol–water partition coefficient (Wildman–Crippen LogP) is 3.50. The summed E-state index contributed by atoms with van der Waals surface area (Å²) in [6.45, 7) is 4.67. The fraction of sp³-hybridized carbons (Fsp3) is 0.348. The second kappa shape index (κ2) is 7.20. The van der Waals surface area contributed by atoms with E-state index in [4.69, 9.17) is 10.5 Å². The van der Waals surface area contributed by atoms with Gasteiger partial charge in [0.1, 0.15) is 5.75 Å². The number of piperidine rings is 1. The Kier molecular flexibility index (Phi) is 4.75. The van der Waals surface area contributed by atoms with E-state index in [1.54, 1.807) is 0 Å². The Bertz CT molecular complexity index is 865. The lowest BCUT2D eigenvalue weighted by Gasteiger charge is -2.38. The number of nitrogens with two attached hydrogens (primary N) is 1. The Morgan fingerprint density at radius 1 is 1.19 bits per heavy atom. The van der Waals surface area contributed by atoms with E-state index in [0.29, 0.717) is 13.2 Å². The Hall–Kier alpha value is -2.59. The van der Waals surface area contributed by atoms with Crippen LogP contribution in [0.1, 0.15) is 36.5 Å². The van der Waals surface area contributed by atoms with Crippen molar-refractivity contribution in [3.8, 4) is 5.75 Å². The lowest BCUT2D eigenvalue weighted by atomic mass is 9.74. The summed E-state index contributed by atoms with van der Waals surface area (Å²) < 4.78 is 5.96. The Balaban J connectivity index is 1.47. The highest BCUT2D eigenvalue weighted by molar-refractivity contribution is 5.97. The van der Waals surface area contributed by atoms with Gasteiger partial charge in [0.2, 0.25) is 5.91 Å². The third-order valence-corrected chi connectivity index (χ3v) is 5.88. The molecule has 1 saturated heterocycles. The zero-order chi connectivity index (χ0) is 18.9. The molecule has 140 valence electrons. The Morgan fingerprint density at radius 2 is 1.93 bits per heavy atom. The first-order valence-corrected chi connectivity index (χ1v) is 9.60. The van der Waals surface area contributed by atoms with E-state index in [9.17, 15) is 4.79 Å². The normalized spacial score (nSPS) is 18.3. The number of ether oxygens (including phenoxy) is 1. The average Bonchev–Trinajstić information content (AvgIpc) is 3.06. The van der Waals surface area contributed by atoms with E-state index in [-0.39, 0.29) is 11.3 Å². The monoisotopic (exact) mass is 362 g/mol. The Morgan fingerprint density at radius 3 is 2.63 bits per heavy atom. The molecule has 2 aliphatic rings. The van der Waals surface area contributed by atoms with Gasteiger partial charge < -0.3 is 15.4 Å². The number of hydrogen-bond donors (Lipinski definition) is 1. The quantitative estimate of drug-likeness (QED) is 0.850. The molecule has 0 saturated carbocycles. The summed E-state index contributed by atoms with van der Waals surface area (Å²) in [5.41, 5.74) is 10.1. The van der Waals surface area contributed by atoms with Gasteiger partial charge in [0.05, 0.1) is 6.61 Å². The third kappa shape index (κ3) is 3.37. The van der Waals surface area contributed by atoms with Crippen molar-refractivity contribution < 1.29 is 9.53 Å². The third-order valence-electron chi connectivity index (χ3n) is 5.88. The summed E-state index contributed by atoms with van der Waals surface area (Å²) in [5, 5.41) is 0. The van der Waals surface area contributed by atoms with Crippen LogP contribution in [0.15, 0.2) is 54.1 Å². The van der Waals surface area contributed by atoms with Crippen LogP contribution in [0.2, 0.25) is 0 Å². The number of nitrogens with zero attached hydrogens (tertiary/aromatic N) is 1. The molecule has 4 nitrogen and oxygen atoms in total. The fourth-order valence-corrected chi connectivity index (χ4v) is 4.20. The first-order chi connectivity index (χ1) is 13.1. The molecular formula is C23H26N2O2. The molecule has 0 bridgehead atoms. The Labute approximate surface area is 160 Å². The van der Waals surface area contributed by atoms with E-state index in [1.165, 1.54) is 5.56 Å². The van der Waals surface area contributed by atoms with E-state index in [0.717, 1.165) is 48.4 Å². The summed E-state index contributed by atoms with van der Waals surface area (Å²) in [6.07, 6.45) is 3.82. The maximum atomic E-state index is 12.9. The van der Waals surface area contributed by atoms with E-state index in [2.05, 4.69) is 6.07 Å². The summed E-state index contributed by atoms with van der Waals surface area (Å²) in [5.74, 6) is 1.11. The van der Waals surface area contributed by atoms with Gasteiger partial charge in [0.25, 0.3) is 0 Å². The molecule has 2 aliphatic heterocycles. The molecule has 2 heterocycles. The van der Waals surface area contributed by atoms with Crippen molar-refractivity contribution in [1.82, 2.24) is 4.90 Å². The maximum absolute atomic E-state index is 12.9. The molecule has 4 rings (SSSR count). The topological polar surface area (TPSA) is 55.6 Å². The van der Waals surface area contributed by atoms with Crippen LogP contribution in [0.25, 0.3) is 6.08 Å². The minimum absolute atomic E-state index is 0.0222. The molecule has 0 atom stereocenters. The maximum Gasteiger partial charge on any atom is 0.249 e. The van der Waals surface area contributed by atoms with E-state index in [1.807, 2.05) is 60.4 Å². The molecule has 4 heteroatoms. The number of carbonyl (C=O) groups excluding carboxylic acids is 1. The molecule has 0 radical (unpaired) electrons. The standard InChI is InChI=1S/C23H26N2O2/c1-17(13-18-5-3-2-4-6-18)22(26)25-11-9-23(10-12-25)16-27-21-8-7-19(15-24)14-20(21)23/h2-8,13-14H,9-12,15-16,24H2,1H3/b17-13-. The molecule has 1 amide bonds. The van der Waals surface area contributed by atoms with Crippen LogP contribution in [0.3, 0.4) is 0 Å². The van der Waals surface area contributed by atoms with Crippen molar-refractivity contribution in [3.63, 3.8) is 0 Å². The predicted molar refractivity (Wildman–Crippen MR) is 107 cm³/mol. The highest BCUT2D eigenvalue weighted by atomic mass is 16.5. The van der Waals surface area contributed by atoms with Crippen LogP contribution in [0.4, 0.5) is 0 Å². The summed E-state index contributed by atoms with van der Waals surface area (Å²) >= 11 is 0. The van der Waals surface area contributed by atoms with Gasteiger partial charge in [-0.2, -0.15) is 0 Å². The van der Waals surface area contributed by atoms with Crippen molar-refractivity contribution in [3.05, 3.63) is 70.8 Å². The van der Waals surface area contributed by atoms with Crippen molar-refractivity contribution in [2.24, 2.45) is 5.73 Å². The molecule has 1 fully saturated rings. The zero-order valence-electron chi connectivity index (χ0n) is 15.8. The molecule has 0 aromatic heterocycles. The number of fused-ring (bicyclic) bond motifs is 2. The minimum atomic E-state index is 0.0222. The summed E-state index contributed by atoms with van der Waals surface area (Å²) in [7, 11) is 0. The second-order valence-corrected chi connectivity index (χ2v) is 7.63. The molecule has 0 unspecified atom stereocenters. The first kappa shape index (κ1) is 17.8. The number of rotatable bonds is 3. The SMILES string of the molecule is C/C(=C/c1ccccc1)C(=O)N1CCC2(CC1)COc1ccc(CN)cc12. The van der Waals surface area contributed by atoms with Gasteiger partial charge in [-0.25, -0.2) is 0 Å². The lowest BCUT2D eigenvalue weighted by molar-refractivity contribution is -0.128. The van der Waals surface area contributed by atoms with Crippen molar-refractivity contribution in [2.45, 2.75) is 31.7 Å². The van der Waals surface area contributed by atoms with Crippen LogP contribution in [-0.4, -0.2) is 30.5 Å². The van der Waals surface area contributed by atoms with Gasteiger partial charge in [0.15, 0.2) is 0 Å². The van der Waals surface area contributed by atoms with E-state index < -0.39 is 0 Å². The fourth-order valence-electron chi connectivity index (χ4n) is 4.20. The van der Waals surface area contributed by atoms with Crippen molar-refractivity contribution in [2.75, 3.05) is 19.7 Å². The number of amides is 1. The first-order valence-electron chi connectivity index (χ1n) is 9.60. The molecule has 2 aromatic carbocycles. The summed E-state index contributed by atoms with van der Waals surface area (Å²) in [6, 6.07) is 16.3. The van der Waals surface area contributed by atoms with Crippen LogP contribution in [0.5, 0.6) is 5.75 Å². The summed E-state index contributed by atoms with van der Waals surface area (Å²) in [4.78, 5) is 14.8. The van der Waals surface area contributed by atoms with Gasteiger partial charge in [-0.15, -0.1) is 0 Å². The molecule has 1 spiro atoms. The minimum Gasteiger partial charge on any atom is -0.492 e. The van der Waals surface area contributed by atoms with Gasteiger partial charge in [-0.1, -0.05) is 42.5 Å². The molecule has 0 aliphatic carbocycles. The smallest absolute Gasteiger partial charge is 0.249 e. The highest BCUT2D eigenvalue weighted by Gasteiger charge is 2.43. The van der Waals surface area contributed by atoms with E-state index >= 15 is 0 Å². The average molecular weight is 362 g/mol. The lowest BCUT2D eigenvalue weighted by Crippen LogP contribution is -2.46. The molecule has 27 heavy (non-hydrogen) atoms. The van der Waals surface area contributed by atoms with Crippen LogP contribution >= 0.6 is 0 Å². The van der Waals surface area contributed by atoms with Gasteiger partial charge in [0, 0.05) is 36.2 Å². The van der Waals surface area contributed by atoms with Crippen LogP contribution < -0.4 is 10.5 Å². The van der Waals surface area contributed by atoms with Crippen molar-refractivity contribution in [1.29, 1.82) is 0 Å². The highest BCUT2D eigenvalue weighted by Crippen LogP contribution is 2.45. The largest absolute Gasteiger partial charge is 0.492 e. The van der Waals surface area contributed by atoms with Crippen molar-refractivity contribution >= 4 is 12.0 Å². The number of benzene rings is 2. The number of likely N-dealkylation sites (tertiary alicyclic amines) is 1. The van der Waals surface area contributed by atoms with Crippen LogP contribution in [0, 0.1) is 0 Å². The van der Waals surface area contributed by atoms with Gasteiger partial charge >= 0.3 is 0 Å². The van der Waals surface area contributed by atoms with Crippen LogP contribution in [-0.2, 0) is 16.8 Å². The number of hydrogen-bond acceptors (Lipinski definition) is 3. The second-order valence-electron chi connectivity index (χ2n) is 7.63.